The molecule has 0 bridgehead atoms. The van der Waals surface area contributed by atoms with E-state index in [1.807, 2.05) is 20.8 Å². The molecule has 9 heteroatoms. The number of hydrogen-bond donors (Lipinski definition) is 1. The lowest BCUT2D eigenvalue weighted by Crippen LogP contribution is -2.43. The van der Waals surface area contributed by atoms with Crippen molar-refractivity contribution >= 4 is 33.2 Å². The molecule has 1 saturated heterocycles. The Labute approximate surface area is 182 Å². The van der Waals surface area contributed by atoms with Crippen LogP contribution in [0.1, 0.15) is 52.8 Å². The first-order valence-electron chi connectivity index (χ1n) is 9.83. The molecule has 1 fully saturated rings. The number of rotatable bonds is 5. The van der Waals surface area contributed by atoms with Gasteiger partial charge in [-0.05, 0) is 44.5 Å². The lowest BCUT2D eigenvalue weighted by Gasteiger charge is -2.26. The molecule has 164 valence electrons. The maximum Gasteiger partial charge on any atom is 0.269 e. The molecule has 0 spiro atoms. The van der Waals surface area contributed by atoms with Gasteiger partial charge < -0.3 is 10.1 Å². The van der Waals surface area contributed by atoms with Gasteiger partial charge in [-0.2, -0.15) is 5.10 Å². The van der Waals surface area contributed by atoms with Crippen LogP contribution in [0.4, 0.5) is 5.82 Å². The second-order valence-electron chi connectivity index (χ2n) is 9.19. The molecule has 1 N–H and O–H groups in total. The number of benzene rings is 1. The van der Waals surface area contributed by atoms with Gasteiger partial charge in [0.25, 0.3) is 5.91 Å². The van der Waals surface area contributed by atoms with E-state index in [0.717, 1.165) is 5.69 Å². The highest BCUT2D eigenvalue weighted by Gasteiger charge is 2.35. The van der Waals surface area contributed by atoms with Crippen molar-refractivity contribution in [3.8, 4) is 5.75 Å². The van der Waals surface area contributed by atoms with Gasteiger partial charge in [0.1, 0.15) is 11.6 Å². The smallest absolute Gasteiger partial charge is 0.269 e. The standard InChI is InChI=1S/C21H28ClN3O4S/c1-20(2,3)17-12-18(25(24-17)15-10-11-30(27,28)13-15)23-19(26)21(4,5)29-16-8-6-14(22)7-9-16/h6-9,12,15H,10-11,13H2,1-5H3,(H,23,26)/t15-/m0/s1. The van der Waals surface area contributed by atoms with Crippen molar-refractivity contribution in [1.29, 1.82) is 0 Å². The molecule has 0 aliphatic carbocycles. The zero-order chi connectivity index (χ0) is 22.3. The third-order valence-corrected chi connectivity index (χ3v) is 7.04. The van der Waals surface area contributed by atoms with E-state index >= 15 is 0 Å². The second kappa shape index (κ2) is 7.89. The molecule has 7 nitrogen and oxygen atoms in total. The van der Waals surface area contributed by atoms with Crippen molar-refractivity contribution in [2.45, 2.75) is 58.1 Å². The quantitative estimate of drug-likeness (QED) is 0.739. The largest absolute Gasteiger partial charge is 0.478 e. The molecule has 2 heterocycles. The summed E-state index contributed by atoms with van der Waals surface area (Å²) in [5.74, 6) is 0.775. The summed E-state index contributed by atoms with van der Waals surface area (Å²) >= 11 is 5.90. The zero-order valence-electron chi connectivity index (χ0n) is 17.9. The molecule has 1 aliphatic rings. The zero-order valence-corrected chi connectivity index (χ0v) is 19.5. The van der Waals surface area contributed by atoms with Gasteiger partial charge in [0.15, 0.2) is 15.4 Å². The van der Waals surface area contributed by atoms with Crippen LogP contribution in [0.25, 0.3) is 0 Å². The maximum absolute atomic E-state index is 13.0. The molecule has 3 rings (SSSR count). The Balaban J connectivity index is 1.86. The summed E-state index contributed by atoms with van der Waals surface area (Å²) in [6.07, 6.45) is 0.473. The first-order chi connectivity index (χ1) is 13.8. The molecule has 1 aromatic carbocycles. The number of carbonyl (C=O) groups is 1. The fourth-order valence-electron chi connectivity index (χ4n) is 3.21. The molecular weight excluding hydrogens is 426 g/mol. The molecule has 0 unspecified atom stereocenters. The van der Waals surface area contributed by atoms with Crippen LogP contribution in [0, 0.1) is 0 Å². The predicted octanol–water partition coefficient (Wildman–Crippen LogP) is 3.99. The molecule has 2 aromatic rings. The normalized spacial score (nSPS) is 18.9. The van der Waals surface area contributed by atoms with Crippen molar-refractivity contribution in [1.82, 2.24) is 9.78 Å². The molecule has 30 heavy (non-hydrogen) atoms. The van der Waals surface area contributed by atoms with Crippen LogP contribution < -0.4 is 10.1 Å². The summed E-state index contributed by atoms with van der Waals surface area (Å²) in [6.45, 7) is 9.39. The minimum Gasteiger partial charge on any atom is -0.478 e. The third-order valence-electron chi connectivity index (χ3n) is 5.03. The number of ether oxygens (including phenoxy) is 1. The van der Waals surface area contributed by atoms with Crippen LogP contribution in [-0.2, 0) is 20.0 Å². The van der Waals surface area contributed by atoms with Gasteiger partial charge in [-0.3, -0.25) is 4.79 Å². The highest BCUT2D eigenvalue weighted by molar-refractivity contribution is 7.91. The monoisotopic (exact) mass is 453 g/mol. The number of hydrogen-bond acceptors (Lipinski definition) is 5. The van der Waals surface area contributed by atoms with Gasteiger partial charge in [-0.1, -0.05) is 32.4 Å². The van der Waals surface area contributed by atoms with E-state index in [4.69, 9.17) is 16.3 Å². The average Bonchev–Trinajstić information content (AvgIpc) is 3.19. The van der Waals surface area contributed by atoms with Gasteiger partial charge in [-0.15, -0.1) is 0 Å². The number of carbonyl (C=O) groups excluding carboxylic acids is 1. The van der Waals surface area contributed by atoms with Crippen LogP contribution in [0.15, 0.2) is 30.3 Å². The van der Waals surface area contributed by atoms with E-state index in [9.17, 15) is 13.2 Å². The Morgan fingerprint density at radius 2 is 1.83 bits per heavy atom. The molecule has 0 radical (unpaired) electrons. The van der Waals surface area contributed by atoms with E-state index < -0.39 is 15.4 Å². The molecule has 1 aliphatic heterocycles. The number of amides is 1. The second-order valence-corrected chi connectivity index (χ2v) is 11.9. The third kappa shape index (κ3) is 5.16. The number of halogens is 1. The van der Waals surface area contributed by atoms with Crippen molar-refractivity contribution in [2.24, 2.45) is 0 Å². The number of anilines is 1. The van der Waals surface area contributed by atoms with Crippen LogP contribution in [0.3, 0.4) is 0 Å². The highest BCUT2D eigenvalue weighted by atomic mass is 35.5. The molecule has 1 amide bonds. The molecule has 0 saturated carbocycles. The van der Waals surface area contributed by atoms with Crippen molar-refractivity contribution in [3.05, 3.63) is 41.0 Å². The summed E-state index contributed by atoms with van der Waals surface area (Å²) in [4.78, 5) is 13.0. The van der Waals surface area contributed by atoms with Crippen LogP contribution in [-0.4, -0.2) is 41.2 Å². The average molecular weight is 454 g/mol. The lowest BCUT2D eigenvalue weighted by molar-refractivity contribution is -0.128. The van der Waals surface area contributed by atoms with Gasteiger partial charge in [-0.25, -0.2) is 13.1 Å². The Morgan fingerprint density at radius 3 is 2.37 bits per heavy atom. The molecule has 1 aromatic heterocycles. The SMILES string of the molecule is CC(C)(Oc1ccc(Cl)cc1)C(=O)Nc1cc(C(C)(C)C)nn1[C@H]1CCS(=O)(=O)C1. The van der Waals surface area contributed by atoms with Crippen LogP contribution >= 0.6 is 11.6 Å². The Morgan fingerprint density at radius 1 is 1.20 bits per heavy atom. The Hall–Kier alpha value is -2.06. The van der Waals surface area contributed by atoms with E-state index in [1.165, 1.54) is 0 Å². The summed E-state index contributed by atoms with van der Waals surface area (Å²) in [5, 5.41) is 8.11. The van der Waals surface area contributed by atoms with E-state index in [2.05, 4.69) is 10.4 Å². The van der Waals surface area contributed by atoms with Crippen LogP contribution in [0.5, 0.6) is 5.75 Å². The minimum absolute atomic E-state index is 0.0196. The summed E-state index contributed by atoms with van der Waals surface area (Å²) in [5.41, 5.74) is -0.650. The van der Waals surface area contributed by atoms with Gasteiger partial charge in [0.05, 0.1) is 23.2 Å². The van der Waals surface area contributed by atoms with Gasteiger partial charge >= 0.3 is 0 Å². The first-order valence-corrected chi connectivity index (χ1v) is 12.0. The van der Waals surface area contributed by atoms with E-state index in [1.54, 1.807) is 48.9 Å². The number of sulfone groups is 1. The summed E-state index contributed by atoms with van der Waals surface area (Å²) < 4.78 is 31.5. The van der Waals surface area contributed by atoms with E-state index in [0.29, 0.717) is 23.0 Å². The van der Waals surface area contributed by atoms with Gasteiger partial charge in [0.2, 0.25) is 0 Å². The van der Waals surface area contributed by atoms with Crippen molar-refractivity contribution in [2.75, 3.05) is 16.8 Å². The topological polar surface area (TPSA) is 90.3 Å². The number of nitrogens with zero attached hydrogens (tertiary/aromatic N) is 2. The van der Waals surface area contributed by atoms with Crippen LogP contribution in [0.2, 0.25) is 5.02 Å². The number of nitrogens with one attached hydrogen (secondary N) is 1. The molecular formula is C21H28ClN3O4S. The fourth-order valence-corrected chi connectivity index (χ4v) is 5.03. The van der Waals surface area contributed by atoms with Crippen molar-refractivity contribution in [3.63, 3.8) is 0 Å². The fraction of sp³-hybridized carbons (Fsp3) is 0.524. The lowest BCUT2D eigenvalue weighted by atomic mass is 9.92. The summed E-state index contributed by atoms with van der Waals surface area (Å²) in [7, 11) is -3.10. The highest BCUT2D eigenvalue weighted by Crippen LogP contribution is 2.31. The van der Waals surface area contributed by atoms with Crippen molar-refractivity contribution < 1.29 is 17.9 Å². The van der Waals surface area contributed by atoms with E-state index in [-0.39, 0.29) is 28.9 Å². The minimum atomic E-state index is -3.10. The Kier molecular flexibility index (Phi) is 5.95. The Bertz CT molecular complexity index is 1040. The van der Waals surface area contributed by atoms with Gasteiger partial charge in [0, 0.05) is 16.5 Å². The predicted molar refractivity (Wildman–Crippen MR) is 118 cm³/mol. The first kappa shape index (κ1) is 22.6. The maximum atomic E-state index is 13.0. The number of aromatic nitrogens is 2. The summed E-state index contributed by atoms with van der Waals surface area (Å²) in [6, 6.07) is 8.28. The molecule has 1 atom stereocenters.